The molecule has 3 unspecified atom stereocenters. The van der Waals surface area contributed by atoms with Gasteiger partial charge in [0.25, 0.3) is 0 Å². The Balaban J connectivity index is 1.42. The second-order valence-corrected chi connectivity index (χ2v) is 9.69. The predicted octanol–water partition coefficient (Wildman–Crippen LogP) is 7.84. The fraction of sp³-hybridized carbons (Fsp3) is 0.375. The topological polar surface area (TPSA) is 27.7 Å². The highest BCUT2D eigenvalue weighted by molar-refractivity contribution is 5.72. The highest BCUT2D eigenvalue weighted by Gasteiger charge is 2.37. The fourth-order valence-electron chi connectivity index (χ4n) is 5.62. The van der Waals surface area contributed by atoms with Crippen molar-refractivity contribution in [1.82, 2.24) is 0 Å². The van der Waals surface area contributed by atoms with E-state index >= 15 is 0 Å². The van der Waals surface area contributed by atoms with Crippen molar-refractivity contribution in [2.75, 3.05) is 6.61 Å². The molecular weight excluding hydrogens is 432 g/mol. The van der Waals surface area contributed by atoms with Crippen LogP contribution in [0.3, 0.4) is 0 Å². The number of allylic oxidation sites excluding steroid dienone is 1. The normalized spacial score (nSPS) is 21.6. The van der Waals surface area contributed by atoms with E-state index in [-0.39, 0.29) is 6.10 Å². The minimum Gasteiger partial charge on any atom is -0.485 e. The van der Waals surface area contributed by atoms with Gasteiger partial charge in [-0.15, -0.1) is 0 Å². The summed E-state index contributed by atoms with van der Waals surface area (Å²) in [5.41, 5.74) is 4.78. The molecule has 0 radical (unpaired) electrons. The van der Waals surface area contributed by atoms with Crippen molar-refractivity contribution >= 4 is 5.57 Å². The van der Waals surface area contributed by atoms with Gasteiger partial charge in [0, 0.05) is 6.61 Å². The summed E-state index contributed by atoms with van der Waals surface area (Å²) in [4.78, 5) is 0. The van der Waals surface area contributed by atoms with E-state index in [1.165, 1.54) is 36.8 Å². The Bertz CT molecular complexity index is 1110. The third-order valence-electron chi connectivity index (χ3n) is 7.40. The van der Waals surface area contributed by atoms with Crippen LogP contribution >= 0.6 is 0 Å². The Morgan fingerprint density at radius 2 is 1.40 bits per heavy atom. The van der Waals surface area contributed by atoms with Gasteiger partial charge in [0.05, 0.1) is 6.10 Å². The molecule has 2 aliphatic carbocycles. The molecule has 3 nitrogen and oxygen atoms in total. The van der Waals surface area contributed by atoms with E-state index < -0.39 is 0 Å². The maximum atomic E-state index is 6.38. The lowest BCUT2D eigenvalue weighted by molar-refractivity contribution is 0.0168. The third kappa shape index (κ3) is 5.79. The Hall–Kier alpha value is -3.04. The van der Waals surface area contributed by atoms with Gasteiger partial charge in [0.1, 0.15) is 13.2 Å². The largest absolute Gasteiger partial charge is 0.485 e. The molecule has 0 amide bonds. The van der Waals surface area contributed by atoms with E-state index in [2.05, 4.69) is 55.5 Å². The monoisotopic (exact) mass is 468 g/mol. The molecule has 1 saturated carbocycles. The van der Waals surface area contributed by atoms with Crippen molar-refractivity contribution in [3.8, 4) is 11.5 Å². The van der Waals surface area contributed by atoms with Gasteiger partial charge in [-0.3, -0.25) is 0 Å². The molecule has 0 aromatic heterocycles. The summed E-state index contributed by atoms with van der Waals surface area (Å²) in [5.74, 6) is 2.93. The lowest BCUT2D eigenvalue weighted by Gasteiger charge is -2.41. The zero-order chi connectivity index (χ0) is 23.9. The summed E-state index contributed by atoms with van der Waals surface area (Å²) in [6.45, 7) is 3.86. The second-order valence-electron chi connectivity index (χ2n) is 9.69. The Labute approximate surface area is 209 Å². The molecule has 3 atom stereocenters. The van der Waals surface area contributed by atoms with Crippen LogP contribution in [0.25, 0.3) is 5.57 Å². The van der Waals surface area contributed by atoms with Crippen LogP contribution in [0.2, 0.25) is 0 Å². The van der Waals surface area contributed by atoms with Crippen LogP contribution in [-0.2, 0) is 18.0 Å². The zero-order valence-corrected chi connectivity index (χ0v) is 20.7. The van der Waals surface area contributed by atoms with Crippen LogP contribution < -0.4 is 9.47 Å². The summed E-state index contributed by atoms with van der Waals surface area (Å²) in [6.07, 6.45) is 9.00. The van der Waals surface area contributed by atoms with Gasteiger partial charge in [-0.2, -0.15) is 0 Å². The molecule has 3 aromatic rings. The molecular formula is C32H36O3. The van der Waals surface area contributed by atoms with Gasteiger partial charge in [0.2, 0.25) is 0 Å². The average Bonchev–Trinajstić information content (AvgIpc) is 2.92. The fourth-order valence-corrected chi connectivity index (χ4v) is 5.62. The molecule has 0 saturated heterocycles. The molecule has 0 heterocycles. The maximum absolute atomic E-state index is 6.38. The zero-order valence-electron chi connectivity index (χ0n) is 20.7. The van der Waals surface area contributed by atoms with Crippen LogP contribution in [0, 0.1) is 11.8 Å². The Morgan fingerprint density at radius 1 is 0.743 bits per heavy atom. The van der Waals surface area contributed by atoms with Crippen LogP contribution in [0.4, 0.5) is 0 Å². The van der Waals surface area contributed by atoms with Crippen molar-refractivity contribution in [3.63, 3.8) is 0 Å². The van der Waals surface area contributed by atoms with Crippen molar-refractivity contribution in [3.05, 3.63) is 102 Å². The molecule has 1 fully saturated rings. The van der Waals surface area contributed by atoms with E-state index in [0.717, 1.165) is 41.6 Å². The molecule has 5 rings (SSSR count). The van der Waals surface area contributed by atoms with E-state index in [9.17, 15) is 0 Å². The minimum absolute atomic E-state index is 0.164. The molecule has 3 heteroatoms. The molecule has 3 aromatic carbocycles. The van der Waals surface area contributed by atoms with Crippen molar-refractivity contribution in [1.29, 1.82) is 0 Å². The van der Waals surface area contributed by atoms with Crippen molar-refractivity contribution < 1.29 is 14.2 Å². The first-order valence-corrected chi connectivity index (χ1v) is 13.1. The minimum atomic E-state index is 0.164. The van der Waals surface area contributed by atoms with Crippen molar-refractivity contribution in [2.24, 2.45) is 11.8 Å². The standard InChI is InChI=1S/C32H36O3/c1-2-33-32-28-16-10-9-15-26(28)17-19-29(32)27-18-20-30(34-22-24-11-5-3-6-12-24)31(21-27)35-23-25-13-7-4-8-14-25/h3-8,11-14,18-21,26,28,32H,2,9-10,15-17,22-23H2,1H3. The van der Waals surface area contributed by atoms with Crippen LogP contribution in [-0.4, -0.2) is 12.7 Å². The molecule has 35 heavy (non-hydrogen) atoms. The lowest BCUT2D eigenvalue weighted by Crippen LogP contribution is -2.36. The van der Waals surface area contributed by atoms with Gasteiger partial charge in [-0.1, -0.05) is 85.6 Å². The first kappa shape index (κ1) is 23.7. The second kappa shape index (κ2) is 11.6. The van der Waals surface area contributed by atoms with Crippen LogP contribution in [0.5, 0.6) is 11.5 Å². The third-order valence-corrected chi connectivity index (χ3v) is 7.40. The number of hydrogen-bond acceptors (Lipinski definition) is 3. The smallest absolute Gasteiger partial charge is 0.162 e. The van der Waals surface area contributed by atoms with E-state index in [1.807, 2.05) is 36.4 Å². The molecule has 0 N–H and O–H groups in total. The number of rotatable bonds is 9. The highest BCUT2D eigenvalue weighted by atomic mass is 16.5. The summed E-state index contributed by atoms with van der Waals surface area (Å²) in [6, 6.07) is 27.0. The molecule has 182 valence electrons. The Kier molecular flexibility index (Phi) is 7.85. The first-order chi connectivity index (χ1) is 17.3. The summed E-state index contributed by atoms with van der Waals surface area (Å²) < 4.78 is 19.0. The van der Waals surface area contributed by atoms with Gasteiger partial charge < -0.3 is 14.2 Å². The number of ether oxygens (including phenoxy) is 3. The first-order valence-electron chi connectivity index (χ1n) is 13.1. The van der Waals surface area contributed by atoms with Crippen LogP contribution in [0.15, 0.2) is 84.9 Å². The average molecular weight is 469 g/mol. The molecule has 2 aliphatic rings. The number of benzene rings is 3. The summed E-state index contributed by atoms with van der Waals surface area (Å²) in [7, 11) is 0. The van der Waals surface area contributed by atoms with Crippen LogP contribution in [0.1, 0.15) is 55.7 Å². The molecule has 0 aliphatic heterocycles. The van der Waals surface area contributed by atoms with Gasteiger partial charge in [-0.05, 0) is 72.4 Å². The SMILES string of the molecule is CCOC1C(c2ccc(OCc3ccccc3)c(OCc3ccccc3)c2)=CCC2CCCCC21. The lowest BCUT2D eigenvalue weighted by atomic mass is 9.68. The number of hydrogen-bond donors (Lipinski definition) is 0. The van der Waals surface area contributed by atoms with Gasteiger partial charge in [-0.25, -0.2) is 0 Å². The van der Waals surface area contributed by atoms with Gasteiger partial charge >= 0.3 is 0 Å². The summed E-state index contributed by atoms with van der Waals surface area (Å²) >= 11 is 0. The molecule has 0 spiro atoms. The Morgan fingerprint density at radius 3 is 2.09 bits per heavy atom. The number of fused-ring (bicyclic) bond motifs is 1. The van der Waals surface area contributed by atoms with Crippen molar-refractivity contribution in [2.45, 2.75) is 58.3 Å². The quantitative estimate of drug-likeness (QED) is 0.320. The highest BCUT2D eigenvalue weighted by Crippen LogP contribution is 2.45. The van der Waals surface area contributed by atoms with E-state index in [4.69, 9.17) is 14.2 Å². The summed E-state index contributed by atoms with van der Waals surface area (Å²) in [5, 5.41) is 0. The molecule has 0 bridgehead atoms. The van der Waals surface area contributed by atoms with Gasteiger partial charge in [0.15, 0.2) is 11.5 Å². The predicted molar refractivity (Wildman–Crippen MR) is 141 cm³/mol. The van der Waals surface area contributed by atoms with E-state index in [1.54, 1.807) is 0 Å². The van der Waals surface area contributed by atoms with E-state index in [0.29, 0.717) is 19.1 Å². The maximum Gasteiger partial charge on any atom is 0.162 e.